The van der Waals surface area contributed by atoms with E-state index in [1.165, 1.54) is 13.2 Å². The zero-order chi connectivity index (χ0) is 29.7. The molecule has 40 heavy (non-hydrogen) atoms. The van der Waals surface area contributed by atoms with E-state index in [2.05, 4.69) is 10.6 Å². The van der Waals surface area contributed by atoms with Gasteiger partial charge in [0.1, 0.15) is 34.5 Å². The number of carbonyl (C=O) groups excluding carboxylic acids is 3. The predicted molar refractivity (Wildman–Crippen MR) is 152 cm³/mol. The van der Waals surface area contributed by atoms with Crippen molar-refractivity contribution in [2.75, 3.05) is 26.1 Å². The van der Waals surface area contributed by atoms with Crippen LogP contribution < -0.4 is 24.8 Å². The van der Waals surface area contributed by atoms with Gasteiger partial charge >= 0.3 is 6.09 Å². The van der Waals surface area contributed by atoms with Gasteiger partial charge in [0.05, 0.1) is 37.6 Å². The number of ether oxygens (including phenoxy) is 4. The Morgan fingerprint density at radius 2 is 1.75 bits per heavy atom. The topological polar surface area (TPSA) is 132 Å². The standard InChI is InChI=1S/C30H36N2O8/c1-29(2,3)40-28(36)32-22(17-33)27(35)31-21-16-18(9-12-25(21)38-7)8-11-23(34)19-10-13-24(37-6)20-14-15-30(4,5)39-26(19)20/h8-16,22,33H,17H2,1-7H3,(H,31,35)(H,32,36)/b11-8+. The van der Waals surface area contributed by atoms with Crippen LogP contribution >= 0.6 is 0 Å². The minimum absolute atomic E-state index is 0.281. The summed E-state index contributed by atoms with van der Waals surface area (Å²) in [7, 11) is 3.00. The lowest BCUT2D eigenvalue weighted by molar-refractivity contribution is -0.119. The van der Waals surface area contributed by atoms with Crippen molar-refractivity contribution < 1.29 is 38.4 Å². The first kappa shape index (κ1) is 30.2. The number of rotatable bonds is 9. The van der Waals surface area contributed by atoms with E-state index in [0.717, 1.165) is 0 Å². The van der Waals surface area contributed by atoms with Crippen molar-refractivity contribution in [3.8, 4) is 17.2 Å². The van der Waals surface area contributed by atoms with Crippen LogP contribution in [-0.4, -0.2) is 61.0 Å². The number of hydrogen-bond donors (Lipinski definition) is 3. The molecule has 1 unspecified atom stereocenters. The fourth-order valence-corrected chi connectivity index (χ4v) is 3.85. The minimum atomic E-state index is -1.26. The second-order valence-corrected chi connectivity index (χ2v) is 10.6. The van der Waals surface area contributed by atoms with Gasteiger partial charge in [0, 0.05) is 0 Å². The summed E-state index contributed by atoms with van der Waals surface area (Å²) in [4.78, 5) is 38.1. The molecule has 10 nitrogen and oxygen atoms in total. The van der Waals surface area contributed by atoms with Crippen LogP contribution in [0.1, 0.15) is 56.1 Å². The molecular formula is C30H36N2O8. The maximum absolute atomic E-state index is 13.2. The Hall–Kier alpha value is -4.31. The maximum atomic E-state index is 13.2. The van der Waals surface area contributed by atoms with Crippen LogP contribution in [0.15, 0.2) is 42.5 Å². The average molecular weight is 553 g/mol. The zero-order valence-electron chi connectivity index (χ0n) is 23.8. The molecule has 2 amide bonds. The SMILES string of the molecule is COc1ccc(/C=C/C(=O)c2ccc(OC)c3c2OC(C)(C)C=C3)cc1NC(=O)C(CO)NC(=O)OC(C)(C)C. The van der Waals surface area contributed by atoms with Crippen molar-refractivity contribution in [3.05, 3.63) is 59.2 Å². The monoisotopic (exact) mass is 552 g/mol. The van der Waals surface area contributed by atoms with E-state index < -0.39 is 35.9 Å². The third kappa shape index (κ3) is 7.63. The summed E-state index contributed by atoms with van der Waals surface area (Å²) in [6.45, 7) is 8.19. The van der Waals surface area contributed by atoms with E-state index in [4.69, 9.17) is 18.9 Å². The molecule has 0 radical (unpaired) electrons. The number of ketones is 1. The minimum Gasteiger partial charge on any atom is -0.496 e. The van der Waals surface area contributed by atoms with Crippen LogP contribution in [0.25, 0.3) is 12.2 Å². The molecule has 3 N–H and O–H groups in total. The normalized spacial score (nSPS) is 14.5. The van der Waals surface area contributed by atoms with Gasteiger partial charge in [-0.2, -0.15) is 0 Å². The van der Waals surface area contributed by atoms with E-state index in [-0.39, 0.29) is 11.5 Å². The van der Waals surface area contributed by atoms with Crippen LogP contribution in [0.3, 0.4) is 0 Å². The molecule has 0 aromatic heterocycles. The number of nitrogens with one attached hydrogen (secondary N) is 2. The highest BCUT2D eigenvalue weighted by Gasteiger charge is 2.28. The number of anilines is 1. The van der Waals surface area contributed by atoms with E-state index in [1.54, 1.807) is 64.3 Å². The second-order valence-electron chi connectivity index (χ2n) is 10.6. The smallest absolute Gasteiger partial charge is 0.408 e. The van der Waals surface area contributed by atoms with Crippen molar-refractivity contribution in [2.45, 2.75) is 51.9 Å². The lowest BCUT2D eigenvalue weighted by Gasteiger charge is -2.29. The lowest BCUT2D eigenvalue weighted by Crippen LogP contribution is -2.47. The number of allylic oxidation sites excluding steroid dienone is 1. The Balaban J connectivity index is 1.81. The number of aliphatic hydroxyl groups is 1. The molecule has 1 aliphatic rings. The molecule has 0 bridgehead atoms. The molecule has 1 aliphatic heterocycles. The van der Waals surface area contributed by atoms with Gasteiger partial charge in [-0.1, -0.05) is 12.1 Å². The Morgan fingerprint density at radius 3 is 2.38 bits per heavy atom. The molecular weight excluding hydrogens is 516 g/mol. The molecule has 0 fully saturated rings. The molecule has 1 heterocycles. The lowest BCUT2D eigenvalue weighted by atomic mass is 9.97. The number of alkyl carbamates (subject to hydrolysis) is 1. The molecule has 1 atom stereocenters. The van der Waals surface area contributed by atoms with Crippen molar-refractivity contribution >= 4 is 35.6 Å². The van der Waals surface area contributed by atoms with Gasteiger partial charge in [-0.3, -0.25) is 9.59 Å². The first-order valence-corrected chi connectivity index (χ1v) is 12.7. The quantitative estimate of drug-likeness (QED) is 0.304. The Labute approximate surface area is 234 Å². The van der Waals surface area contributed by atoms with Crippen molar-refractivity contribution in [1.82, 2.24) is 5.32 Å². The van der Waals surface area contributed by atoms with Crippen LogP contribution in [-0.2, 0) is 9.53 Å². The highest BCUT2D eigenvalue weighted by molar-refractivity contribution is 6.09. The van der Waals surface area contributed by atoms with E-state index in [1.807, 2.05) is 26.0 Å². The van der Waals surface area contributed by atoms with Crippen molar-refractivity contribution in [3.63, 3.8) is 0 Å². The van der Waals surface area contributed by atoms with Crippen molar-refractivity contribution in [2.24, 2.45) is 0 Å². The summed E-state index contributed by atoms with van der Waals surface area (Å²) in [5.41, 5.74) is 0.578. The maximum Gasteiger partial charge on any atom is 0.408 e. The number of amides is 2. The van der Waals surface area contributed by atoms with Crippen LogP contribution in [0.5, 0.6) is 17.2 Å². The molecule has 0 saturated carbocycles. The summed E-state index contributed by atoms with van der Waals surface area (Å²) in [5, 5.41) is 14.7. The Kier molecular flexibility index (Phi) is 9.26. The van der Waals surface area contributed by atoms with E-state index in [9.17, 15) is 19.5 Å². The van der Waals surface area contributed by atoms with Gasteiger partial charge in [-0.25, -0.2) is 4.79 Å². The largest absolute Gasteiger partial charge is 0.496 e. The number of aliphatic hydroxyl groups excluding tert-OH is 1. The highest BCUT2D eigenvalue weighted by atomic mass is 16.6. The highest BCUT2D eigenvalue weighted by Crippen LogP contribution is 2.40. The first-order chi connectivity index (χ1) is 18.8. The van der Waals surface area contributed by atoms with Crippen molar-refractivity contribution in [1.29, 1.82) is 0 Å². The number of hydrogen-bond acceptors (Lipinski definition) is 8. The van der Waals surface area contributed by atoms with Gasteiger partial charge in [0.2, 0.25) is 5.91 Å². The molecule has 3 rings (SSSR count). The summed E-state index contributed by atoms with van der Waals surface area (Å²) in [5.74, 6) is 0.421. The summed E-state index contributed by atoms with van der Waals surface area (Å²) < 4.78 is 22.0. The average Bonchev–Trinajstić information content (AvgIpc) is 2.88. The zero-order valence-corrected chi connectivity index (χ0v) is 23.8. The van der Waals surface area contributed by atoms with Crippen LogP contribution in [0, 0.1) is 0 Å². The van der Waals surface area contributed by atoms with Gasteiger partial charge in [0.15, 0.2) is 5.78 Å². The van der Waals surface area contributed by atoms with E-state index >= 15 is 0 Å². The number of fused-ring (bicyclic) bond motifs is 1. The Morgan fingerprint density at radius 1 is 1.07 bits per heavy atom. The van der Waals surface area contributed by atoms with E-state index in [0.29, 0.717) is 33.9 Å². The fourth-order valence-electron chi connectivity index (χ4n) is 3.85. The molecule has 10 heteroatoms. The summed E-state index contributed by atoms with van der Waals surface area (Å²) in [6.07, 6.45) is 5.95. The first-order valence-electron chi connectivity index (χ1n) is 12.7. The van der Waals surface area contributed by atoms with Crippen LogP contribution in [0.2, 0.25) is 0 Å². The summed E-state index contributed by atoms with van der Waals surface area (Å²) >= 11 is 0. The fraction of sp³-hybridized carbons (Fsp3) is 0.367. The predicted octanol–water partition coefficient (Wildman–Crippen LogP) is 4.61. The molecule has 0 spiro atoms. The van der Waals surface area contributed by atoms with Gasteiger partial charge < -0.3 is 34.7 Å². The third-order valence-corrected chi connectivity index (χ3v) is 5.76. The van der Waals surface area contributed by atoms with Crippen LogP contribution in [0.4, 0.5) is 10.5 Å². The molecule has 2 aromatic carbocycles. The number of carbonyl (C=O) groups is 3. The summed E-state index contributed by atoms with van der Waals surface area (Å²) in [6, 6.07) is 7.06. The molecule has 2 aromatic rings. The third-order valence-electron chi connectivity index (χ3n) is 5.76. The molecule has 0 saturated heterocycles. The van der Waals surface area contributed by atoms with Gasteiger partial charge in [0.25, 0.3) is 0 Å². The molecule has 214 valence electrons. The number of benzene rings is 2. The van der Waals surface area contributed by atoms with Gasteiger partial charge in [-0.15, -0.1) is 0 Å². The second kappa shape index (κ2) is 12.3. The molecule has 0 aliphatic carbocycles. The number of methoxy groups -OCH3 is 2. The Bertz CT molecular complexity index is 1340. The van der Waals surface area contributed by atoms with Gasteiger partial charge in [-0.05, 0) is 82.7 Å².